The van der Waals surface area contributed by atoms with Gasteiger partial charge in [-0.1, -0.05) is 30.3 Å². The topological polar surface area (TPSA) is 24.9 Å². The zero-order valence-electron chi connectivity index (χ0n) is 10.6. The van der Waals surface area contributed by atoms with Crippen LogP contribution >= 0.6 is 11.3 Å². The highest BCUT2D eigenvalue weighted by atomic mass is 32.1. The van der Waals surface area contributed by atoms with E-state index in [4.69, 9.17) is 4.98 Å². The summed E-state index contributed by atoms with van der Waals surface area (Å²) in [7, 11) is 0. The first-order chi connectivity index (χ1) is 8.83. The third kappa shape index (κ3) is 2.47. The van der Waals surface area contributed by atoms with Crippen molar-refractivity contribution in [2.24, 2.45) is 0 Å². The maximum absolute atomic E-state index is 4.87. The molecule has 2 nitrogen and oxygen atoms in total. The molecule has 18 heavy (non-hydrogen) atoms. The van der Waals surface area contributed by atoms with E-state index >= 15 is 0 Å². The highest BCUT2D eigenvalue weighted by Gasteiger charge is 2.21. The van der Waals surface area contributed by atoms with Crippen molar-refractivity contribution in [1.29, 1.82) is 0 Å². The fourth-order valence-corrected chi connectivity index (χ4v) is 3.63. The molecule has 3 heteroatoms. The van der Waals surface area contributed by atoms with Crippen LogP contribution in [0.3, 0.4) is 0 Å². The Bertz CT molecular complexity index is 513. The fraction of sp³-hybridized carbons (Fsp3) is 0.400. The van der Waals surface area contributed by atoms with E-state index in [0.29, 0.717) is 5.92 Å². The van der Waals surface area contributed by atoms with Gasteiger partial charge in [0.1, 0.15) is 0 Å². The SMILES string of the molecule is Cc1sc(Cc2ccccc2)nc1C1CCNC1. The number of hydrogen-bond acceptors (Lipinski definition) is 3. The molecule has 3 rings (SSSR count). The second kappa shape index (κ2) is 5.21. The summed E-state index contributed by atoms with van der Waals surface area (Å²) in [5.74, 6) is 0.630. The first-order valence-electron chi connectivity index (χ1n) is 6.54. The molecule has 0 bridgehead atoms. The molecule has 1 saturated heterocycles. The summed E-state index contributed by atoms with van der Waals surface area (Å²) in [6, 6.07) is 10.6. The molecule has 0 spiro atoms. The third-order valence-corrected chi connectivity index (χ3v) is 4.51. The predicted molar refractivity (Wildman–Crippen MR) is 76.3 cm³/mol. The number of nitrogens with one attached hydrogen (secondary N) is 1. The lowest BCUT2D eigenvalue weighted by molar-refractivity contribution is 0.732. The zero-order chi connectivity index (χ0) is 12.4. The van der Waals surface area contributed by atoms with Gasteiger partial charge in [0, 0.05) is 23.8 Å². The molecule has 1 N–H and O–H groups in total. The number of nitrogens with zero attached hydrogens (tertiary/aromatic N) is 1. The Labute approximate surface area is 112 Å². The second-order valence-corrected chi connectivity index (χ2v) is 6.19. The summed E-state index contributed by atoms with van der Waals surface area (Å²) in [5.41, 5.74) is 2.68. The summed E-state index contributed by atoms with van der Waals surface area (Å²) in [5, 5.41) is 4.67. The van der Waals surface area contributed by atoms with Gasteiger partial charge in [-0.05, 0) is 25.5 Å². The lowest BCUT2D eigenvalue weighted by Crippen LogP contribution is -2.08. The lowest BCUT2D eigenvalue weighted by Gasteiger charge is -2.04. The van der Waals surface area contributed by atoms with Gasteiger partial charge in [-0.3, -0.25) is 0 Å². The molecule has 1 aromatic heterocycles. The fourth-order valence-electron chi connectivity index (χ4n) is 2.58. The van der Waals surface area contributed by atoms with Gasteiger partial charge in [0.2, 0.25) is 0 Å². The number of thiazole rings is 1. The maximum atomic E-state index is 4.87. The van der Waals surface area contributed by atoms with Crippen LogP contribution in [0.15, 0.2) is 30.3 Å². The highest BCUT2D eigenvalue weighted by Crippen LogP contribution is 2.29. The second-order valence-electron chi connectivity index (χ2n) is 4.90. The van der Waals surface area contributed by atoms with Gasteiger partial charge in [0.25, 0.3) is 0 Å². The van der Waals surface area contributed by atoms with Crippen molar-refractivity contribution in [2.75, 3.05) is 13.1 Å². The van der Waals surface area contributed by atoms with E-state index in [1.165, 1.54) is 27.6 Å². The molecule has 94 valence electrons. The number of hydrogen-bond donors (Lipinski definition) is 1. The Hall–Kier alpha value is -1.19. The minimum absolute atomic E-state index is 0.630. The standard InChI is InChI=1S/C15H18N2S/c1-11-15(13-7-8-16-10-13)17-14(18-11)9-12-5-3-2-4-6-12/h2-6,13,16H,7-10H2,1H3. The molecule has 2 heterocycles. The van der Waals surface area contributed by atoms with Crippen molar-refractivity contribution in [3.05, 3.63) is 51.5 Å². The van der Waals surface area contributed by atoms with Crippen molar-refractivity contribution in [1.82, 2.24) is 10.3 Å². The van der Waals surface area contributed by atoms with Crippen LogP contribution in [-0.2, 0) is 6.42 Å². The normalized spacial score (nSPS) is 19.3. The molecule has 1 aliphatic rings. The van der Waals surface area contributed by atoms with Crippen LogP contribution in [0.2, 0.25) is 0 Å². The Balaban J connectivity index is 1.79. The van der Waals surface area contributed by atoms with E-state index in [2.05, 4.69) is 42.6 Å². The van der Waals surface area contributed by atoms with Crippen LogP contribution in [0.1, 0.15) is 33.5 Å². The summed E-state index contributed by atoms with van der Waals surface area (Å²) in [4.78, 5) is 6.26. The largest absolute Gasteiger partial charge is 0.316 e. The monoisotopic (exact) mass is 258 g/mol. The van der Waals surface area contributed by atoms with Crippen LogP contribution in [0, 0.1) is 6.92 Å². The predicted octanol–water partition coefficient (Wildman–Crippen LogP) is 3.12. The van der Waals surface area contributed by atoms with E-state index in [1.54, 1.807) is 0 Å². The number of aryl methyl sites for hydroxylation is 1. The van der Waals surface area contributed by atoms with Crippen LogP contribution in [0.4, 0.5) is 0 Å². The molecule has 1 aliphatic heterocycles. The first-order valence-corrected chi connectivity index (χ1v) is 7.35. The van der Waals surface area contributed by atoms with Crippen LogP contribution < -0.4 is 5.32 Å². The lowest BCUT2D eigenvalue weighted by atomic mass is 10.0. The van der Waals surface area contributed by atoms with Crippen LogP contribution in [-0.4, -0.2) is 18.1 Å². The average molecular weight is 258 g/mol. The van der Waals surface area contributed by atoms with Gasteiger partial charge in [-0.25, -0.2) is 4.98 Å². The number of benzene rings is 1. The van der Waals surface area contributed by atoms with Gasteiger partial charge < -0.3 is 5.32 Å². The first kappa shape index (κ1) is 11.9. The quantitative estimate of drug-likeness (QED) is 0.915. The smallest absolute Gasteiger partial charge is 0.0974 e. The van der Waals surface area contributed by atoms with E-state index in [0.717, 1.165) is 19.5 Å². The summed E-state index contributed by atoms with van der Waals surface area (Å²) in [6.07, 6.45) is 2.20. The summed E-state index contributed by atoms with van der Waals surface area (Å²) < 4.78 is 0. The molecule has 1 fully saturated rings. The molecule has 1 atom stereocenters. The van der Waals surface area contributed by atoms with E-state index < -0.39 is 0 Å². The molecule has 1 unspecified atom stereocenters. The van der Waals surface area contributed by atoms with Gasteiger partial charge in [-0.2, -0.15) is 0 Å². The molecule has 0 saturated carbocycles. The van der Waals surface area contributed by atoms with Gasteiger partial charge in [0.05, 0.1) is 10.7 Å². The number of aromatic nitrogens is 1. The Morgan fingerprint density at radius 3 is 2.89 bits per heavy atom. The molecular weight excluding hydrogens is 240 g/mol. The molecule has 2 aromatic rings. The highest BCUT2D eigenvalue weighted by molar-refractivity contribution is 7.11. The summed E-state index contributed by atoms with van der Waals surface area (Å²) >= 11 is 1.86. The third-order valence-electron chi connectivity index (χ3n) is 3.52. The molecule has 1 aromatic carbocycles. The number of rotatable bonds is 3. The minimum Gasteiger partial charge on any atom is -0.316 e. The maximum Gasteiger partial charge on any atom is 0.0974 e. The van der Waals surface area contributed by atoms with Gasteiger partial charge in [-0.15, -0.1) is 11.3 Å². The summed E-state index contributed by atoms with van der Waals surface area (Å²) in [6.45, 7) is 4.44. The van der Waals surface area contributed by atoms with Crippen LogP contribution in [0.25, 0.3) is 0 Å². The van der Waals surface area contributed by atoms with Gasteiger partial charge in [0.15, 0.2) is 0 Å². The molecule has 0 aliphatic carbocycles. The van der Waals surface area contributed by atoms with Crippen molar-refractivity contribution in [2.45, 2.75) is 25.7 Å². The molecule has 0 amide bonds. The minimum atomic E-state index is 0.630. The molecule has 0 radical (unpaired) electrons. The van der Waals surface area contributed by atoms with E-state index in [-0.39, 0.29) is 0 Å². The van der Waals surface area contributed by atoms with Gasteiger partial charge >= 0.3 is 0 Å². The Morgan fingerprint density at radius 1 is 1.33 bits per heavy atom. The van der Waals surface area contributed by atoms with Crippen molar-refractivity contribution in [3.8, 4) is 0 Å². The van der Waals surface area contributed by atoms with Crippen LogP contribution in [0.5, 0.6) is 0 Å². The average Bonchev–Trinajstić information content (AvgIpc) is 3.00. The van der Waals surface area contributed by atoms with Crippen molar-refractivity contribution >= 4 is 11.3 Å². The van der Waals surface area contributed by atoms with Crippen molar-refractivity contribution < 1.29 is 0 Å². The Morgan fingerprint density at radius 2 is 2.17 bits per heavy atom. The Kier molecular flexibility index (Phi) is 3.43. The van der Waals surface area contributed by atoms with E-state index in [9.17, 15) is 0 Å². The van der Waals surface area contributed by atoms with Crippen molar-refractivity contribution in [3.63, 3.8) is 0 Å². The van der Waals surface area contributed by atoms with E-state index in [1.807, 2.05) is 11.3 Å². The molecular formula is C15H18N2S. The zero-order valence-corrected chi connectivity index (χ0v) is 11.5.